The molecule has 7 nitrogen and oxygen atoms in total. The van der Waals surface area contributed by atoms with E-state index in [-0.39, 0.29) is 28.3 Å². The third-order valence-electron chi connectivity index (χ3n) is 2.87. The highest BCUT2D eigenvalue weighted by atomic mass is 35.5. The van der Waals surface area contributed by atoms with Crippen LogP contribution in [0.3, 0.4) is 0 Å². The standard InChI is InChI=1S/C12H14ClNO6/c1-6-8(12(17)20-2)3-7(4-9(6)14(18)19)11(16)10(15)5-13/h3-4,10-11,15-16H,5H2,1-2H3. The van der Waals surface area contributed by atoms with E-state index in [9.17, 15) is 25.1 Å². The Kier molecular flexibility index (Phi) is 5.43. The van der Waals surface area contributed by atoms with Crippen molar-refractivity contribution in [2.45, 2.75) is 19.1 Å². The summed E-state index contributed by atoms with van der Waals surface area (Å²) in [5.74, 6) is -1.02. The van der Waals surface area contributed by atoms with E-state index < -0.39 is 23.1 Å². The van der Waals surface area contributed by atoms with Crippen LogP contribution in [0.15, 0.2) is 12.1 Å². The van der Waals surface area contributed by atoms with Crippen molar-refractivity contribution in [3.8, 4) is 0 Å². The number of carbonyl (C=O) groups excluding carboxylic acids is 1. The molecular weight excluding hydrogens is 290 g/mol. The van der Waals surface area contributed by atoms with E-state index >= 15 is 0 Å². The lowest BCUT2D eigenvalue weighted by atomic mass is 9.97. The van der Waals surface area contributed by atoms with Gasteiger partial charge < -0.3 is 14.9 Å². The molecule has 0 fully saturated rings. The molecule has 0 aliphatic rings. The van der Waals surface area contributed by atoms with Crippen LogP contribution < -0.4 is 0 Å². The fourth-order valence-electron chi connectivity index (χ4n) is 1.71. The highest BCUT2D eigenvalue weighted by molar-refractivity contribution is 6.18. The first-order valence-electron chi connectivity index (χ1n) is 5.62. The molecule has 0 spiro atoms. The van der Waals surface area contributed by atoms with Gasteiger partial charge in [-0.3, -0.25) is 10.1 Å². The number of nitro groups is 1. The summed E-state index contributed by atoms with van der Waals surface area (Å²) in [7, 11) is 1.14. The number of esters is 1. The van der Waals surface area contributed by atoms with Crippen molar-refractivity contribution in [1.29, 1.82) is 0 Å². The summed E-state index contributed by atoms with van der Waals surface area (Å²) in [6.07, 6.45) is -2.74. The maximum atomic E-state index is 11.6. The third-order valence-corrected chi connectivity index (χ3v) is 3.18. The van der Waals surface area contributed by atoms with E-state index in [0.717, 1.165) is 13.2 Å². The topological polar surface area (TPSA) is 110 Å². The minimum Gasteiger partial charge on any atom is -0.465 e. The van der Waals surface area contributed by atoms with E-state index in [1.807, 2.05) is 0 Å². The molecule has 1 aromatic carbocycles. The van der Waals surface area contributed by atoms with Crippen molar-refractivity contribution in [1.82, 2.24) is 0 Å². The number of hydrogen-bond donors (Lipinski definition) is 2. The average molecular weight is 304 g/mol. The first-order chi connectivity index (χ1) is 9.33. The number of benzene rings is 1. The molecule has 0 aliphatic heterocycles. The van der Waals surface area contributed by atoms with Gasteiger partial charge in [0.25, 0.3) is 5.69 Å². The number of aliphatic hydroxyl groups excluding tert-OH is 2. The Morgan fingerprint density at radius 1 is 1.50 bits per heavy atom. The zero-order valence-electron chi connectivity index (χ0n) is 10.9. The molecule has 2 atom stereocenters. The number of nitro benzene ring substituents is 1. The lowest BCUT2D eigenvalue weighted by Crippen LogP contribution is -2.20. The van der Waals surface area contributed by atoms with Gasteiger partial charge in [-0.25, -0.2) is 4.79 Å². The van der Waals surface area contributed by atoms with Gasteiger partial charge in [0.2, 0.25) is 0 Å². The lowest BCUT2D eigenvalue weighted by molar-refractivity contribution is -0.385. The first-order valence-corrected chi connectivity index (χ1v) is 6.16. The average Bonchev–Trinajstić information content (AvgIpc) is 2.44. The molecule has 0 aromatic heterocycles. The van der Waals surface area contributed by atoms with Crippen LogP contribution in [0.4, 0.5) is 5.69 Å². The van der Waals surface area contributed by atoms with Gasteiger partial charge in [0.1, 0.15) is 6.10 Å². The summed E-state index contributed by atoms with van der Waals surface area (Å²) in [6, 6.07) is 2.34. The zero-order chi connectivity index (χ0) is 15.4. The van der Waals surface area contributed by atoms with Gasteiger partial charge >= 0.3 is 5.97 Å². The molecule has 20 heavy (non-hydrogen) atoms. The van der Waals surface area contributed by atoms with Crippen molar-refractivity contribution < 1.29 is 24.7 Å². The smallest absolute Gasteiger partial charge is 0.338 e. The molecule has 8 heteroatoms. The SMILES string of the molecule is COC(=O)c1cc(C(O)C(O)CCl)cc([N+](=O)[O-])c1C. The molecule has 0 aliphatic carbocycles. The molecular formula is C12H14ClNO6. The molecule has 1 rings (SSSR count). The van der Waals surface area contributed by atoms with Gasteiger partial charge in [-0.2, -0.15) is 0 Å². The monoisotopic (exact) mass is 303 g/mol. The van der Waals surface area contributed by atoms with Crippen LogP contribution in [0, 0.1) is 17.0 Å². The number of hydrogen-bond acceptors (Lipinski definition) is 6. The van der Waals surface area contributed by atoms with Crippen LogP contribution in [0.25, 0.3) is 0 Å². The summed E-state index contributed by atoms with van der Waals surface area (Å²) in [6.45, 7) is 1.40. The zero-order valence-corrected chi connectivity index (χ0v) is 11.6. The highest BCUT2D eigenvalue weighted by Crippen LogP contribution is 2.29. The van der Waals surface area contributed by atoms with Crippen LogP contribution >= 0.6 is 11.6 Å². The largest absolute Gasteiger partial charge is 0.465 e. The number of carbonyl (C=O) groups is 1. The van der Waals surface area contributed by atoms with Gasteiger partial charge in [0.05, 0.1) is 29.6 Å². The molecule has 110 valence electrons. The Morgan fingerprint density at radius 2 is 2.10 bits per heavy atom. The second-order valence-electron chi connectivity index (χ2n) is 4.13. The Hall–Kier alpha value is -1.70. The van der Waals surface area contributed by atoms with Crippen LogP contribution in [0.5, 0.6) is 0 Å². The lowest BCUT2D eigenvalue weighted by Gasteiger charge is -2.17. The van der Waals surface area contributed by atoms with Gasteiger partial charge in [-0.1, -0.05) is 0 Å². The Bertz CT molecular complexity index is 533. The number of nitrogens with zero attached hydrogens (tertiary/aromatic N) is 1. The number of aliphatic hydroxyl groups is 2. The highest BCUT2D eigenvalue weighted by Gasteiger charge is 2.26. The second-order valence-corrected chi connectivity index (χ2v) is 4.44. The summed E-state index contributed by atoms with van der Waals surface area (Å²) in [5.41, 5.74) is -0.241. The van der Waals surface area contributed by atoms with Crippen molar-refractivity contribution in [2.75, 3.05) is 13.0 Å². The third kappa shape index (κ3) is 3.24. The normalized spacial score (nSPS) is 13.7. The molecule has 2 unspecified atom stereocenters. The summed E-state index contributed by atoms with van der Waals surface area (Å²) < 4.78 is 4.54. The van der Waals surface area contributed by atoms with Gasteiger partial charge in [0.15, 0.2) is 0 Å². The Morgan fingerprint density at radius 3 is 2.55 bits per heavy atom. The Balaban J connectivity index is 3.44. The van der Waals surface area contributed by atoms with Crippen LogP contribution in [0.1, 0.15) is 27.6 Å². The minimum absolute atomic E-state index is 0.0239. The maximum Gasteiger partial charge on any atom is 0.338 e. The summed E-state index contributed by atoms with van der Waals surface area (Å²) in [4.78, 5) is 21.9. The second kappa shape index (κ2) is 6.65. The van der Waals surface area contributed by atoms with Gasteiger partial charge in [-0.05, 0) is 18.6 Å². The maximum absolute atomic E-state index is 11.6. The van der Waals surface area contributed by atoms with Crippen LogP contribution in [0.2, 0.25) is 0 Å². The van der Waals surface area contributed by atoms with Crippen molar-refractivity contribution in [2.24, 2.45) is 0 Å². The van der Waals surface area contributed by atoms with Crippen LogP contribution in [-0.2, 0) is 4.74 Å². The number of ether oxygens (including phenoxy) is 1. The van der Waals surface area contributed by atoms with E-state index in [1.54, 1.807) is 0 Å². The quantitative estimate of drug-likeness (QED) is 0.367. The molecule has 0 saturated carbocycles. The van der Waals surface area contributed by atoms with Gasteiger partial charge in [0, 0.05) is 11.6 Å². The van der Waals surface area contributed by atoms with Gasteiger partial charge in [-0.15, -0.1) is 11.6 Å². The van der Waals surface area contributed by atoms with Crippen molar-refractivity contribution >= 4 is 23.3 Å². The molecule has 0 bridgehead atoms. The fourth-order valence-corrected chi connectivity index (χ4v) is 1.88. The Labute approximate surface area is 119 Å². The molecule has 0 radical (unpaired) electrons. The number of alkyl halides is 1. The molecule has 0 saturated heterocycles. The summed E-state index contributed by atoms with van der Waals surface area (Å²) >= 11 is 5.42. The first kappa shape index (κ1) is 16.4. The molecule has 2 N–H and O–H groups in total. The van der Waals surface area contributed by atoms with E-state index in [2.05, 4.69) is 4.74 Å². The molecule has 1 aromatic rings. The predicted molar refractivity (Wildman–Crippen MR) is 70.9 cm³/mol. The predicted octanol–water partition coefficient (Wildman–Crippen LogP) is 1.32. The van der Waals surface area contributed by atoms with Crippen molar-refractivity contribution in [3.63, 3.8) is 0 Å². The number of rotatable bonds is 5. The molecule has 0 heterocycles. The van der Waals surface area contributed by atoms with E-state index in [0.29, 0.717) is 0 Å². The van der Waals surface area contributed by atoms with Crippen molar-refractivity contribution in [3.05, 3.63) is 38.9 Å². The minimum atomic E-state index is -1.43. The molecule has 0 amide bonds. The number of halogens is 1. The number of methoxy groups -OCH3 is 1. The summed E-state index contributed by atoms with van der Waals surface area (Å²) in [5, 5.41) is 30.3. The van der Waals surface area contributed by atoms with E-state index in [4.69, 9.17) is 11.6 Å². The van der Waals surface area contributed by atoms with E-state index in [1.165, 1.54) is 13.0 Å². The van der Waals surface area contributed by atoms with Crippen LogP contribution in [-0.4, -0.2) is 40.2 Å². The fraction of sp³-hybridized carbons (Fsp3) is 0.417.